The lowest BCUT2D eigenvalue weighted by Gasteiger charge is -2.08. The summed E-state index contributed by atoms with van der Waals surface area (Å²) in [7, 11) is 0. The van der Waals surface area contributed by atoms with Gasteiger partial charge in [-0.3, -0.25) is 0 Å². The smallest absolute Gasteiger partial charge is 0.0395 e. The number of anilines is 2. The van der Waals surface area contributed by atoms with E-state index in [0.29, 0.717) is 12.2 Å². The topological polar surface area (TPSA) is 78.1 Å². The third-order valence-electron chi connectivity index (χ3n) is 2.55. The molecule has 0 radical (unpaired) electrons. The van der Waals surface area contributed by atoms with Crippen molar-refractivity contribution in [2.24, 2.45) is 5.73 Å². The maximum Gasteiger partial charge on any atom is 0.0395 e. The second-order valence-electron chi connectivity index (χ2n) is 3.75. The highest BCUT2D eigenvalue weighted by Crippen LogP contribution is 2.28. The number of hydrogen-bond acceptors (Lipinski definition) is 3. The van der Waals surface area contributed by atoms with Gasteiger partial charge in [0.2, 0.25) is 0 Å². The Hall–Kier alpha value is -1.42. The summed E-state index contributed by atoms with van der Waals surface area (Å²) >= 11 is 0. The number of rotatable bonds is 2. The first-order valence-corrected chi connectivity index (χ1v) is 5.15. The Labute approximate surface area is 119 Å². The second kappa shape index (κ2) is 7.11. The van der Waals surface area contributed by atoms with E-state index in [2.05, 4.69) is 0 Å². The van der Waals surface area contributed by atoms with Gasteiger partial charge in [0.1, 0.15) is 0 Å². The number of nitrogen functional groups attached to an aromatic ring is 2. The van der Waals surface area contributed by atoms with Gasteiger partial charge in [0.15, 0.2) is 0 Å². The fourth-order valence-electron chi connectivity index (χ4n) is 1.69. The van der Waals surface area contributed by atoms with Crippen molar-refractivity contribution in [1.29, 1.82) is 0 Å². The van der Waals surface area contributed by atoms with Crippen LogP contribution in [0.3, 0.4) is 0 Å². The van der Waals surface area contributed by atoms with Crippen LogP contribution in [0.1, 0.15) is 5.56 Å². The molecule has 0 heterocycles. The predicted octanol–water partition coefficient (Wildman–Crippen LogP) is 2.82. The van der Waals surface area contributed by atoms with E-state index in [9.17, 15) is 0 Å². The summed E-state index contributed by atoms with van der Waals surface area (Å²) in [5.41, 5.74) is 21.8. The highest BCUT2D eigenvalue weighted by atomic mass is 35.5. The minimum absolute atomic E-state index is 0. The fourth-order valence-corrected chi connectivity index (χ4v) is 1.69. The molecule has 5 heteroatoms. The third kappa shape index (κ3) is 3.53. The van der Waals surface area contributed by atoms with Gasteiger partial charge in [-0.05, 0) is 35.4 Å². The summed E-state index contributed by atoms with van der Waals surface area (Å²) in [6.45, 7) is 0.524. The molecule has 0 aliphatic heterocycles. The van der Waals surface area contributed by atoms with Crippen LogP contribution >= 0.6 is 24.8 Å². The Balaban J connectivity index is 0.00000144. The zero-order valence-electron chi connectivity index (χ0n) is 9.80. The maximum absolute atomic E-state index is 5.93. The average Bonchev–Trinajstić information content (AvgIpc) is 2.32. The molecule has 2 aromatic rings. The summed E-state index contributed by atoms with van der Waals surface area (Å²) < 4.78 is 0. The minimum atomic E-state index is 0. The Morgan fingerprint density at radius 3 is 2.28 bits per heavy atom. The van der Waals surface area contributed by atoms with E-state index in [1.807, 2.05) is 36.4 Å². The van der Waals surface area contributed by atoms with Crippen LogP contribution in [0.2, 0.25) is 0 Å². The summed E-state index contributed by atoms with van der Waals surface area (Å²) in [6, 6.07) is 13.5. The fraction of sp³-hybridized carbons (Fsp3) is 0.0769. The van der Waals surface area contributed by atoms with Crippen LogP contribution < -0.4 is 17.2 Å². The molecule has 18 heavy (non-hydrogen) atoms. The van der Waals surface area contributed by atoms with E-state index >= 15 is 0 Å². The molecule has 0 spiro atoms. The molecular weight excluding hydrogens is 269 g/mol. The van der Waals surface area contributed by atoms with Crippen molar-refractivity contribution in [2.75, 3.05) is 11.5 Å². The van der Waals surface area contributed by atoms with E-state index in [-0.39, 0.29) is 24.8 Å². The molecule has 0 aliphatic carbocycles. The Morgan fingerprint density at radius 1 is 0.889 bits per heavy atom. The molecule has 98 valence electrons. The van der Waals surface area contributed by atoms with Crippen LogP contribution in [0.15, 0.2) is 42.5 Å². The lowest BCUT2D eigenvalue weighted by Crippen LogP contribution is -1.97. The van der Waals surface area contributed by atoms with Gasteiger partial charge < -0.3 is 17.2 Å². The standard InChI is InChI=1S/C13H15N3.2ClH/c14-8-9-2-1-3-10(6-9)12-7-11(15)4-5-13(12)16;;/h1-7H,8,14-16H2;2*1H. The maximum atomic E-state index is 5.93. The van der Waals surface area contributed by atoms with Crippen LogP contribution in [0, 0.1) is 0 Å². The number of hydrogen-bond donors (Lipinski definition) is 3. The quantitative estimate of drug-likeness (QED) is 0.743. The number of benzene rings is 2. The molecule has 0 fully saturated rings. The summed E-state index contributed by atoms with van der Waals surface area (Å²) in [5.74, 6) is 0. The number of nitrogens with two attached hydrogens (primary N) is 3. The third-order valence-corrected chi connectivity index (χ3v) is 2.55. The molecule has 2 aromatic carbocycles. The zero-order chi connectivity index (χ0) is 11.5. The van der Waals surface area contributed by atoms with Crippen LogP contribution in [0.4, 0.5) is 11.4 Å². The number of halogens is 2. The monoisotopic (exact) mass is 285 g/mol. The first-order chi connectivity index (χ1) is 7.70. The molecule has 0 unspecified atom stereocenters. The van der Waals surface area contributed by atoms with E-state index in [0.717, 1.165) is 22.4 Å². The zero-order valence-corrected chi connectivity index (χ0v) is 11.4. The lowest BCUT2D eigenvalue weighted by molar-refractivity contribution is 1.07. The van der Waals surface area contributed by atoms with Crippen molar-refractivity contribution in [3.63, 3.8) is 0 Å². The van der Waals surface area contributed by atoms with Gasteiger partial charge in [0.25, 0.3) is 0 Å². The van der Waals surface area contributed by atoms with Gasteiger partial charge in [-0.15, -0.1) is 24.8 Å². The summed E-state index contributed by atoms with van der Waals surface area (Å²) in [4.78, 5) is 0. The van der Waals surface area contributed by atoms with E-state index in [4.69, 9.17) is 17.2 Å². The molecule has 0 atom stereocenters. The summed E-state index contributed by atoms with van der Waals surface area (Å²) in [6.07, 6.45) is 0. The van der Waals surface area contributed by atoms with Crippen LogP contribution in [-0.4, -0.2) is 0 Å². The first-order valence-electron chi connectivity index (χ1n) is 5.15. The van der Waals surface area contributed by atoms with E-state index in [1.54, 1.807) is 6.07 Å². The Morgan fingerprint density at radius 2 is 1.61 bits per heavy atom. The molecule has 3 nitrogen and oxygen atoms in total. The van der Waals surface area contributed by atoms with Crippen molar-refractivity contribution >= 4 is 36.2 Å². The van der Waals surface area contributed by atoms with Crippen molar-refractivity contribution in [2.45, 2.75) is 6.54 Å². The normalized spacial score (nSPS) is 9.17. The first kappa shape index (κ1) is 16.6. The average molecular weight is 286 g/mol. The van der Waals surface area contributed by atoms with Gasteiger partial charge in [0.05, 0.1) is 0 Å². The van der Waals surface area contributed by atoms with Gasteiger partial charge in [0, 0.05) is 23.5 Å². The van der Waals surface area contributed by atoms with E-state index < -0.39 is 0 Å². The van der Waals surface area contributed by atoms with E-state index in [1.165, 1.54) is 0 Å². The van der Waals surface area contributed by atoms with Crippen molar-refractivity contribution < 1.29 is 0 Å². The highest BCUT2D eigenvalue weighted by Gasteiger charge is 2.03. The van der Waals surface area contributed by atoms with Gasteiger partial charge >= 0.3 is 0 Å². The highest BCUT2D eigenvalue weighted by molar-refractivity contribution is 5.85. The van der Waals surface area contributed by atoms with Crippen LogP contribution in [0.5, 0.6) is 0 Å². The molecule has 0 saturated heterocycles. The van der Waals surface area contributed by atoms with Crippen molar-refractivity contribution in [1.82, 2.24) is 0 Å². The summed E-state index contributed by atoms with van der Waals surface area (Å²) in [5, 5.41) is 0. The molecule has 0 amide bonds. The molecular formula is C13H17Cl2N3. The second-order valence-corrected chi connectivity index (χ2v) is 3.75. The minimum Gasteiger partial charge on any atom is -0.399 e. The van der Waals surface area contributed by atoms with Gasteiger partial charge in [-0.25, -0.2) is 0 Å². The van der Waals surface area contributed by atoms with Gasteiger partial charge in [-0.1, -0.05) is 18.2 Å². The Kier molecular flexibility index (Phi) is 6.55. The van der Waals surface area contributed by atoms with Gasteiger partial charge in [-0.2, -0.15) is 0 Å². The SMILES string of the molecule is Cl.Cl.NCc1cccc(-c2cc(N)ccc2N)c1. The molecule has 0 aliphatic rings. The van der Waals surface area contributed by atoms with Crippen LogP contribution in [-0.2, 0) is 6.54 Å². The van der Waals surface area contributed by atoms with Crippen molar-refractivity contribution in [3.8, 4) is 11.1 Å². The molecule has 2 rings (SSSR count). The lowest BCUT2D eigenvalue weighted by atomic mass is 10.0. The van der Waals surface area contributed by atoms with Crippen molar-refractivity contribution in [3.05, 3.63) is 48.0 Å². The molecule has 0 bridgehead atoms. The molecule has 6 N–H and O–H groups in total. The van der Waals surface area contributed by atoms with Crippen LogP contribution in [0.25, 0.3) is 11.1 Å². The molecule has 0 aromatic heterocycles. The predicted molar refractivity (Wildman–Crippen MR) is 83.1 cm³/mol. The molecule has 0 saturated carbocycles. The Bertz CT molecular complexity index is 515. The largest absolute Gasteiger partial charge is 0.399 e.